The molecule has 0 radical (unpaired) electrons. The predicted molar refractivity (Wildman–Crippen MR) is 57.5 cm³/mol. The van der Waals surface area contributed by atoms with Gasteiger partial charge < -0.3 is 14.7 Å². The summed E-state index contributed by atoms with van der Waals surface area (Å²) in [6, 6.07) is 1.91. The molecule has 0 bridgehead atoms. The Morgan fingerprint density at radius 3 is 2.62 bits per heavy atom. The van der Waals surface area contributed by atoms with Crippen LogP contribution in [-0.2, 0) is 4.74 Å². The lowest BCUT2D eigenvalue weighted by atomic mass is 9.92. The number of carbonyl (C=O) groups excluding carboxylic acids is 1. The highest BCUT2D eigenvalue weighted by Crippen LogP contribution is 2.23. The topological polar surface area (TPSA) is 73.6 Å². The third-order valence-corrected chi connectivity index (χ3v) is 2.41. The Bertz CT molecular complexity index is 297. The Balaban J connectivity index is 2.31. The van der Waals surface area contributed by atoms with E-state index < -0.39 is 11.7 Å². The molecule has 1 N–H and O–H groups in total. The van der Waals surface area contributed by atoms with Crippen LogP contribution in [0.4, 0.5) is 4.79 Å². The van der Waals surface area contributed by atoms with E-state index in [9.17, 15) is 9.90 Å². The number of nitriles is 1. The summed E-state index contributed by atoms with van der Waals surface area (Å²) in [4.78, 5) is 13.1. The first-order valence-corrected chi connectivity index (χ1v) is 5.36. The molecule has 1 amide bonds. The van der Waals surface area contributed by atoms with Crippen molar-refractivity contribution in [1.29, 1.82) is 5.26 Å². The van der Waals surface area contributed by atoms with Gasteiger partial charge in [-0.1, -0.05) is 0 Å². The zero-order valence-electron chi connectivity index (χ0n) is 9.93. The molecule has 0 saturated carbocycles. The van der Waals surface area contributed by atoms with E-state index in [1.165, 1.54) is 4.90 Å². The number of aliphatic hydroxyl groups is 1. The molecule has 0 spiro atoms. The first-order chi connectivity index (χ1) is 7.33. The average Bonchev–Trinajstić information content (AvgIpc) is 1.97. The minimum Gasteiger partial charge on any atom is -0.444 e. The number of hydrogen-bond donors (Lipinski definition) is 1. The number of rotatable bonds is 2. The molecular weight excluding hydrogens is 208 g/mol. The molecule has 5 nitrogen and oxygen atoms in total. The maximum atomic E-state index is 11.5. The molecule has 5 heteroatoms. The molecule has 90 valence electrons. The van der Waals surface area contributed by atoms with E-state index in [1.807, 2.05) is 26.8 Å². The van der Waals surface area contributed by atoms with Crippen LogP contribution in [0.25, 0.3) is 0 Å². The molecule has 0 unspecified atom stereocenters. The maximum absolute atomic E-state index is 11.5. The number of aliphatic hydroxyl groups excluding tert-OH is 1. The van der Waals surface area contributed by atoms with Gasteiger partial charge in [0.05, 0.1) is 18.6 Å². The van der Waals surface area contributed by atoms with Crippen molar-refractivity contribution < 1.29 is 14.6 Å². The summed E-state index contributed by atoms with van der Waals surface area (Å²) in [5.74, 6) is 0.00664. The summed E-state index contributed by atoms with van der Waals surface area (Å²) in [5, 5.41) is 17.9. The predicted octanol–water partition coefficient (Wildman–Crippen LogP) is 1.13. The van der Waals surface area contributed by atoms with Crippen molar-refractivity contribution in [3.8, 4) is 6.07 Å². The molecule has 1 saturated heterocycles. The Morgan fingerprint density at radius 2 is 2.19 bits per heavy atom. The quantitative estimate of drug-likeness (QED) is 0.766. The second-order valence-electron chi connectivity index (χ2n) is 5.07. The Labute approximate surface area is 95.6 Å². The van der Waals surface area contributed by atoms with E-state index in [0.29, 0.717) is 13.1 Å². The van der Waals surface area contributed by atoms with Crippen molar-refractivity contribution in [1.82, 2.24) is 4.90 Å². The molecule has 0 aromatic rings. The molecular formula is C11H18N2O3. The van der Waals surface area contributed by atoms with Gasteiger partial charge in [0.25, 0.3) is 0 Å². The van der Waals surface area contributed by atoms with Crippen LogP contribution in [0, 0.1) is 17.2 Å². The summed E-state index contributed by atoms with van der Waals surface area (Å²) in [6.07, 6.45) is -0.871. The number of hydrogen-bond acceptors (Lipinski definition) is 4. The first-order valence-electron chi connectivity index (χ1n) is 5.36. The smallest absolute Gasteiger partial charge is 0.410 e. The largest absolute Gasteiger partial charge is 0.444 e. The van der Waals surface area contributed by atoms with E-state index in [2.05, 4.69) is 0 Å². The van der Waals surface area contributed by atoms with Gasteiger partial charge >= 0.3 is 6.09 Å². The van der Waals surface area contributed by atoms with Gasteiger partial charge in [0, 0.05) is 19.0 Å². The fraction of sp³-hybridized carbons (Fsp3) is 0.818. The monoisotopic (exact) mass is 226 g/mol. The van der Waals surface area contributed by atoms with Crippen molar-refractivity contribution in [2.45, 2.75) is 38.9 Å². The van der Waals surface area contributed by atoms with Crippen molar-refractivity contribution in [2.75, 3.05) is 13.1 Å². The Kier molecular flexibility index (Phi) is 3.76. The second-order valence-corrected chi connectivity index (χ2v) is 5.07. The van der Waals surface area contributed by atoms with Crippen LogP contribution in [0.5, 0.6) is 0 Å². The minimum atomic E-state index is -0.635. The van der Waals surface area contributed by atoms with Gasteiger partial charge in [0.15, 0.2) is 0 Å². The maximum Gasteiger partial charge on any atom is 0.410 e. The molecule has 1 heterocycles. The highest BCUT2D eigenvalue weighted by molar-refractivity contribution is 5.69. The third-order valence-electron chi connectivity index (χ3n) is 2.41. The van der Waals surface area contributed by atoms with Gasteiger partial charge in [0.2, 0.25) is 0 Å². The molecule has 0 aromatic carbocycles. The van der Waals surface area contributed by atoms with Crippen molar-refractivity contribution >= 4 is 6.09 Å². The lowest BCUT2D eigenvalue weighted by Crippen LogP contribution is -2.55. The van der Waals surface area contributed by atoms with Crippen LogP contribution >= 0.6 is 0 Å². The molecule has 16 heavy (non-hydrogen) atoms. The van der Waals surface area contributed by atoms with Crippen LogP contribution in [-0.4, -0.2) is 40.9 Å². The van der Waals surface area contributed by atoms with E-state index in [-0.39, 0.29) is 18.4 Å². The lowest BCUT2D eigenvalue weighted by Gasteiger charge is -2.41. The number of amides is 1. The fourth-order valence-electron chi connectivity index (χ4n) is 1.49. The first kappa shape index (κ1) is 12.8. The Morgan fingerprint density at radius 1 is 1.62 bits per heavy atom. The number of ether oxygens (including phenoxy) is 1. The summed E-state index contributed by atoms with van der Waals surface area (Å²) in [6.45, 7) is 6.38. The van der Waals surface area contributed by atoms with Gasteiger partial charge in [-0.15, -0.1) is 0 Å². The highest BCUT2D eigenvalue weighted by atomic mass is 16.6. The summed E-state index contributed by atoms with van der Waals surface area (Å²) >= 11 is 0. The summed E-state index contributed by atoms with van der Waals surface area (Å²) in [5.41, 5.74) is -0.493. The van der Waals surface area contributed by atoms with E-state index in [4.69, 9.17) is 10.00 Å². The molecule has 1 fully saturated rings. The SMILES string of the molecule is CC(C)(C)OC(=O)N1CC([C@H](O)CC#N)C1. The molecule has 1 aliphatic rings. The Hall–Kier alpha value is -1.28. The third kappa shape index (κ3) is 3.38. The second kappa shape index (κ2) is 4.71. The van der Waals surface area contributed by atoms with E-state index in [0.717, 1.165) is 0 Å². The van der Waals surface area contributed by atoms with Crippen LogP contribution in [0.2, 0.25) is 0 Å². The van der Waals surface area contributed by atoms with E-state index >= 15 is 0 Å². The molecule has 0 aromatic heterocycles. The fourth-order valence-corrected chi connectivity index (χ4v) is 1.49. The van der Waals surface area contributed by atoms with Gasteiger partial charge in [-0.2, -0.15) is 5.26 Å². The van der Waals surface area contributed by atoms with E-state index in [1.54, 1.807) is 0 Å². The zero-order valence-corrected chi connectivity index (χ0v) is 9.93. The van der Waals surface area contributed by atoms with Crippen LogP contribution in [0.15, 0.2) is 0 Å². The highest BCUT2D eigenvalue weighted by Gasteiger charge is 2.37. The van der Waals surface area contributed by atoms with Crippen molar-refractivity contribution in [3.05, 3.63) is 0 Å². The molecule has 0 aliphatic carbocycles. The number of nitrogens with zero attached hydrogens (tertiary/aromatic N) is 2. The normalized spacial score (nSPS) is 18.6. The summed E-state index contributed by atoms with van der Waals surface area (Å²) < 4.78 is 5.17. The van der Waals surface area contributed by atoms with Crippen LogP contribution in [0.1, 0.15) is 27.2 Å². The zero-order chi connectivity index (χ0) is 12.3. The molecule has 1 rings (SSSR count). The van der Waals surface area contributed by atoms with Gasteiger partial charge in [-0.3, -0.25) is 0 Å². The van der Waals surface area contributed by atoms with Crippen LogP contribution < -0.4 is 0 Å². The number of carbonyl (C=O) groups is 1. The molecule has 1 aliphatic heterocycles. The standard InChI is InChI=1S/C11H18N2O3/c1-11(2,3)16-10(15)13-6-8(7-13)9(14)4-5-12/h8-9,14H,4,6-7H2,1-3H3/t9-/m1/s1. The van der Waals surface area contributed by atoms with Crippen molar-refractivity contribution in [2.24, 2.45) is 5.92 Å². The van der Waals surface area contributed by atoms with Crippen molar-refractivity contribution in [3.63, 3.8) is 0 Å². The molecule has 1 atom stereocenters. The van der Waals surface area contributed by atoms with Crippen LogP contribution in [0.3, 0.4) is 0 Å². The van der Waals surface area contributed by atoms with Gasteiger partial charge in [0.1, 0.15) is 5.60 Å². The minimum absolute atomic E-state index is 0.00664. The van der Waals surface area contributed by atoms with Gasteiger partial charge in [-0.25, -0.2) is 4.79 Å². The van der Waals surface area contributed by atoms with Gasteiger partial charge in [-0.05, 0) is 20.8 Å². The number of likely N-dealkylation sites (tertiary alicyclic amines) is 1. The summed E-state index contributed by atoms with van der Waals surface area (Å²) in [7, 11) is 0. The average molecular weight is 226 g/mol. The lowest BCUT2D eigenvalue weighted by molar-refractivity contribution is -0.0292.